The van der Waals surface area contributed by atoms with E-state index in [9.17, 15) is 9.59 Å². The molecule has 1 heterocycles. The lowest BCUT2D eigenvalue weighted by Crippen LogP contribution is -3.14. The molecule has 1 aliphatic rings. The van der Waals surface area contributed by atoms with Gasteiger partial charge in [-0.1, -0.05) is 19.1 Å². The molecule has 1 saturated heterocycles. The van der Waals surface area contributed by atoms with Crippen LogP contribution in [0.3, 0.4) is 0 Å². The number of methoxy groups -OCH3 is 1. The maximum atomic E-state index is 12.2. The minimum Gasteiger partial charge on any atom is -0.465 e. The van der Waals surface area contributed by atoms with Crippen molar-refractivity contribution in [1.82, 2.24) is 0 Å². The highest BCUT2D eigenvalue weighted by Crippen LogP contribution is 2.15. The third-order valence-electron chi connectivity index (χ3n) is 3.88. The molecular formula is C16H23N2O3+. The molecule has 1 fully saturated rings. The van der Waals surface area contributed by atoms with E-state index in [-0.39, 0.29) is 5.91 Å². The third-order valence-corrected chi connectivity index (χ3v) is 3.88. The molecule has 1 amide bonds. The maximum Gasteiger partial charge on any atom is 0.339 e. The fraction of sp³-hybridized carbons (Fsp3) is 0.500. The van der Waals surface area contributed by atoms with Crippen molar-refractivity contribution in [2.45, 2.75) is 19.8 Å². The molecule has 0 aromatic heterocycles. The molecule has 0 spiro atoms. The summed E-state index contributed by atoms with van der Waals surface area (Å²) in [7, 11) is 1.33. The summed E-state index contributed by atoms with van der Waals surface area (Å²) in [6.07, 6.45) is 2.42. The van der Waals surface area contributed by atoms with E-state index in [4.69, 9.17) is 4.74 Å². The predicted octanol–water partition coefficient (Wildman–Crippen LogP) is 0.726. The zero-order valence-corrected chi connectivity index (χ0v) is 12.6. The summed E-state index contributed by atoms with van der Waals surface area (Å²) in [6, 6.07) is 6.91. The number of rotatable bonds is 4. The van der Waals surface area contributed by atoms with Crippen molar-refractivity contribution in [3.63, 3.8) is 0 Å². The van der Waals surface area contributed by atoms with Crippen LogP contribution in [-0.4, -0.2) is 38.6 Å². The van der Waals surface area contributed by atoms with E-state index >= 15 is 0 Å². The number of hydrogen-bond donors (Lipinski definition) is 2. The second-order valence-corrected chi connectivity index (χ2v) is 5.71. The predicted molar refractivity (Wildman–Crippen MR) is 80.4 cm³/mol. The fourth-order valence-corrected chi connectivity index (χ4v) is 2.86. The van der Waals surface area contributed by atoms with Gasteiger partial charge in [0.1, 0.15) is 0 Å². The molecule has 21 heavy (non-hydrogen) atoms. The Bertz CT molecular complexity index is 516. The summed E-state index contributed by atoms with van der Waals surface area (Å²) < 4.78 is 4.73. The number of ether oxygens (including phenoxy) is 1. The number of piperidine rings is 1. The van der Waals surface area contributed by atoms with Crippen LogP contribution in [0.2, 0.25) is 0 Å². The standard InChI is InChI=1S/C16H22N2O3/c1-12-6-5-9-18(10-12)11-15(19)17-14-8-4-3-7-13(14)16(20)21-2/h3-4,7-8,12H,5-6,9-11H2,1-2H3,(H,17,19)/p+1/t12-/m0/s1. The average molecular weight is 291 g/mol. The highest BCUT2D eigenvalue weighted by atomic mass is 16.5. The zero-order valence-electron chi connectivity index (χ0n) is 12.6. The molecular weight excluding hydrogens is 268 g/mol. The van der Waals surface area contributed by atoms with Crippen molar-refractivity contribution in [2.24, 2.45) is 5.92 Å². The van der Waals surface area contributed by atoms with E-state index in [1.165, 1.54) is 24.9 Å². The molecule has 0 radical (unpaired) electrons. The van der Waals surface area contributed by atoms with Crippen LogP contribution >= 0.6 is 0 Å². The number of carbonyl (C=O) groups excluding carboxylic acids is 2. The summed E-state index contributed by atoms with van der Waals surface area (Å²) in [5.74, 6) is 0.171. The summed E-state index contributed by atoms with van der Waals surface area (Å²) in [4.78, 5) is 25.1. The summed E-state index contributed by atoms with van der Waals surface area (Å²) >= 11 is 0. The Morgan fingerprint density at radius 2 is 2.14 bits per heavy atom. The minimum atomic E-state index is -0.440. The first-order valence-electron chi connectivity index (χ1n) is 7.41. The average Bonchev–Trinajstić information content (AvgIpc) is 2.47. The molecule has 5 heteroatoms. The van der Waals surface area contributed by atoms with Gasteiger partial charge in [0.25, 0.3) is 5.91 Å². The minimum absolute atomic E-state index is 0.0598. The number of carbonyl (C=O) groups is 2. The van der Waals surface area contributed by atoms with Crippen molar-refractivity contribution >= 4 is 17.6 Å². The van der Waals surface area contributed by atoms with Crippen molar-refractivity contribution < 1.29 is 19.2 Å². The van der Waals surface area contributed by atoms with Gasteiger partial charge in [-0.25, -0.2) is 4.79 Å². The Hall–Kier alpha value is -1.88. The quantitative estimate of drug-likeness (QED) is 0.804. The molecule has 0 saturated carbocycles. The highest BCUT2D eigenvalue weighted by molar-refractivity contribution is 6.01. The van der Waals surface area contributed by atoms with Crippen LogP contribution < -0.4 is 10.2 Å². The molecule has 1 aliphatic heterocycles. The Morgan fingerprint density at radius 3 is 2.86 bits per heavy atom. The van der Waals surface area contributed by atoms with Gasteiger partial charge >= 0.3 is 5.97 Å². The number of benzene rings is 1. The highest BCUT2D eigenvalue weighted by Gasteiger charge is 2.22. The van der Waals surface area contributed by atoms with Crippen LogP contribution in [0.15, 0.2) is 24.3 Å². The first-order chi connectivity index (χ1) is 10.1. The van der Waals surface area contributed by atoms with Gasteiger partial charge in [0, 0.05) is 5.92 Å². The van der Waals surface area contributed by atoms with Crippen molar-refractivity contribution in [3.05, 3.63) is 29.8 Å². The van der Waals surface area contributed by atoms with Gasteiger partial charge in [0.15, 0.2) is 6.54 Å². The van der Waals surface area contributed by atoms with Gasteiger partial charge in [0.05, 0.1) is 31.5 Å². The molecule has 114 valence electrons. The van der Waals surface area contributed by atoms with Gasteiger partial charge in [-0.15, -0.1) is 0 Å². The smallest absolute Gasteiger partial charge is 0.339 e. The van der Waals surface area contributed by atoms with Crippen LogP contribution in [0.5, 0.6) is 0 Å². The second-order valence-electron chi connectivity index (χ2n) is 5.71. The third kappa shape index (κ3) is 4.29. The van der Waals surface area contributed by atoms with Gasteiger partial charge in [-0.05, 0) is 25.0 Å². The van der Waals surface area contributed by atoms with Crippen LogP contribution in [0.1, 0.15) is 30.1 Å². The molecule has 1 aromatic rings. The Labute approximate surface area is 125 Å². The van der Waals surface area contributed by atoms with Crippen molar-refractivity contribution in [1.29, 1.82) is 0 Å². The topological polar surface area (TPSA) is 59.8 Å². The molecule has 5 nitrogen and oxygen atoms in total. The Morgan fingerprint density at radius 1 is 1.38 bits per heavy atom. The number of para-hydroxylation sites is 1. The number of hydrogen-bond acceptors (Lipinski definition) is 3. The summed E-state index contributed by atoms with van der Waals surface area (Å²) in [6.45, 7) is 4.74. The van der Waals surface area contributed by atoms with Crippen molar-refractivity contribution in [3.8, 4) is 0 Å². The first-order valence-corrected chi connectivity index (χ1v) is 7.41. The number of likely N-dealkylation sites (tertiary alicyclic amines) is 1. The molecule has 2 atom stereocenters. The van der Waals surface area contributed by atoms with Gasteiger partial charge in [0.2, 0.25) is 0 Å². The van der Waals surface area contributed by atoms with E-state index in [1.807, 2.05) is 0 Å². The van der Waals surface area contributed by atoms with Gasteiger partial charge < -0.3 is 15.0 Å². The van der Waals surface area contributed by atoms with E-state index in [2.05, 4.69) is 12.2 Å². The SMILES string of the molecule is COC(=O)c1ccccc1NC(=O)C[NH+]1CCC[C@H](C)C1. The molecule has 1 aromatic carbocycles. The van der Waals surface area contributed by atoms with E-state index < -0.39 is 5.97 Å². The molecule has 2 N–H and O–H groups in total. The summed E-state index contributed by atoms with van der Waals surface area (Å²) in [5, 5.41) is 2.83. The van der Waals surface area contributed by atoms with E-state index in [1.54, 1.807) is 24.3 Å². The molecule has 2 rings (SSSR count). The molecule has 0 aliphatic carbocycles. The number of anilines is 1. The lowest BCUT2D eigenvalue weighted by molar-refractivity contribution is -0.900. The lowest BCUT2D eigenvalue weighted by Gasteiger charge is -2.27. The number of esters is 1. The number of amides is 1. The largest absolute Gasteiger partial charge is 0.465 e. The zero-order chi connectivity index (χ0) is 15.2. The second kappa shape index (κ2) is 7.22. The lowest BCUT2D eigenvalue weighted by atomic mass is 10.0. The van der Waals surface area contributed by atoms with Gasteiger partial charge in [-0.2, -0.15) is 0 Å². The maximum absolute atomic E-state index is 12.2. The first kappa shape index (κ1) is 15.5. The van der Waals surface area contributed by atoms with Gasteiger partial charge in [-0.3, -0.25) is 4.79 Å². The summed E-state index contributed by atoms with van der Waals surface area (Å²) in [5.41, 5.74) is 0.897. The van der Waals surface area contributed by atoms with E-state index in [0.29, 0.717) is 23.7 Å². The van der Waals surface area contributed by atoms with Crippen LogP contribution in [0.4, 0.5) is 5.69 Å². The molecule has 1 unspecified atom stereocenters. The fourth-order valence-electron chi connectivity index (χ4n) is 2.86. The molecule has 0 bridgehead atoms. The normalized spacial score (nSPS) is 21.6. The van der Waals surface area contributed by atoms with Crippen LogP contribution in [0.25, 0.3) is 0 Å². The van der Waals surface area contributed by atoms with Crippen molar-refractivity contribution in [2.75, 3.05) is 32.1 Å². The van der Waals surface area contributed by atoms with Crippen LogP contribution in [0, 0.1) is 5.92 Å². The van der Waals surface area contributed by atoms with Crippen LogP contribution in [-0.2, 0) is 9.53 Å². The Kier molecular flexibility index (Phi) is 5.33. The Balaban J connectivity index is 1.98. The monoisotopic (exact) mass is 291 g/mol. The number of nitrogens with one attached hydrogen (secondary N) is 2. The van der Waals surface area contributed by atoms with E-state index in [0.717, 1.165) is 13.1 Å². The number of quaternary nitrogens is 1.